The number of hydrogen-bond acceptors (Lipinski definition) is 13. The predicted molar refractivity (Wildman–Crippen MR) is 107 cm³/mol. The van der Waals surface area contributed by atoms with Gasteiger partial charge >= 0.3 is 0 Å². The number of phenolic OH excluding ortho intramolecular Hbond substituents is 1. The van der Waals surface area contributed by atoms with Crippen molar-refractivity contribution in [2.75, 3.05) is 20.8 Å². The van der Waals surface area contributed by atoms with E-state index in [4.69, 9.17) is 28.4 Å². The van der Waals surface area contributed by atoms with Crippen LogP contribution in [0.1, 0.15) is 6.92 Å². The van der Waals surface area contributed by atoms with Crippen molar-refractivity contribution in [1.29, 1.82) is 0 Å². The lowest BCUT2D eigenvalue weighted by Gasteiger charge is -2.42. The van der Waals surface area contributed by atoms with Gasteiger partial charge < -0.3 is 64.2 Å². The monoisotopic (exact) mass is 478 g/mol. The molecular weight excluding hydrogens is 448 g/mol. The molecule has 10 atom stereocenters. The van der Waals surface area contributed by atoms with Crippen molar-refractivity contribution in [3.8, 4) is 23.0 Å². The van der Waals surface area contributed by atoms with E-state index in [1.54, 1.807) is 0 Å². The van der Waals surface area contributed by atoms with Crippen molar-refractivity contribution >= 4 is 0 Å². The zero-order valence-electron chi connectivity index (χ0n) is 18.2. The van der Waals surface area contributed by atoms with E-state index in [1.807, 2.05) is 0 Å². The summed E-state index contributed by atoms with van der Waals surface area (Å²) in [5.74, 6) is -0.105. The summed E-state index contributed by atoms with van der Waals surface area (Å²) in [6.07, 6.45) is -14.3. The van der Waals surface area contributed by atoms with Crippen molar-refractivity contribution < 1.29 is 64.2 Å². The van der Waals surface area contributed by atoms with Crippen molar-refractivity contribution in [2.45, 2.75) is 68.3 Å². The van der Waals surface area contributed by atoms with Crippen LogP contribution < -0.4 is 14.2 Å². The molecule has 33 heavy (non-hydrogen) atoms. The predicted octanol–water partition coefficient (Wildman–Crippen LogP) is -2.56. The van der Waals surface area contributed by atoms with E-state index in [9.17, 15) is 35.7 Å². The maximum absolute atomic E-state index is 10.3. The largest absolute Gasteiger partial charge is 0.504 e. The number of rotatable bonds is 7. The van der Waals surface area contributed by atoms with Gasteiger partial charge in [0.15, 0.2) is 17.8 Å². The highest BCUT2D eigenvalue weighted by Gasteiger charge is 2.47. The van der Waals surface area contributed by atoms with E-state index < -0.39 is 68.0 Å². The Morgan fingerprint density at radius 1 is 0.788 bits per heavy atom. The van der Waals surface area contributed by atoms with Crippen LogP contribution in [-0.4, -0.2) is 118 Å². The molecule has 2 saturated heterocycles. The molecule has 188 valence electrons. The minimum absolute atomic E-state index is 0.00873. The molecule has 2 aliphatic heterocycles. The van der Waals surface area contributed by atoms with E-state index >= 15 is 0 Å². The lowest BCUT2D eigenvalue weighted by Crippen LogP contribution is -2.61. The fourth-order valence-electron chi connectivity index (χ4n) is 3.61. The Kier molecular flexibility index (Phi) is 8.21. The highest BCUT2D eigenvalue weighted by Crippen LogP contribution is 2.41. The number of aliphatic hydroxyl groups excluding tert-OH is 6. The first-order valence-corrected chi connectivity index (χ1v) is 10.2. The van der Waals surface area contributed by atoms with Crippen LogP contribution in [0.4, 0.5) is 0 Å². The third kappa shape index (κ3) is 5.26. The molecule has 0 spiro atoms. The molecule has 0 aliphatic carbocycles. The fourth-order valence-corrected chi connectivity index (χ4v) is 3.61. The number of benzene rings is 1. The number of phenols is 1. The maximum atomic E-state index is 10.3. The molecule has 13 nitrogen and oxygen atoms in total. The second-order valence-electron chi connectivity index (χ2n) is 7.83. The molecule has 0 saturated carbocycles. The first kappa shape index (κ1) is 25.7. The number of aromatic hydroxyl groups is 1. The minimum atomic E-state index is -1.69. The molecule has 13 heteroatoms. The van der Waals surface area contributed by atoms with Crippen LogP contribution in [0.3, 0.4) is 0 Å². The summed E-state index contributed by atoms with van der Waals surface area (Å²) in [6, 6.07) is 2.54. The second kappa shape index (κ2) is 10.5. The standard InChI is InChI=1S/C20H30O13/c1-7-12(22)14(24)16(26)19(31-7)30-6-11-13(23)15(25)17(27)20(33-11)32-8-4-9(21)18(29-3)10(5-8)28-2/h4-5,7,11-17,19-27H,6H2,1-3H3/t7-,11+,12-,13+,14+,15-,16-,17+,19+,20+/m0/s1. The quantitative estimate of drug-likeness (QED) is 0.216. The van der Waals surface area contributed by atoms with Crippen LogP contribution in [0.2, 0.25) is 0 Å². The molecule has 0 aromatic heterocycles. The molecular formula is C20H30O13. The van der Waals surface area contributed by atoms with Gasteiger partial charge in [-0.1, -0.05) is 0 Å². The van der Waals surface area contributed by atoms with Crippen molar-refractivity contribution in [1.82, 2.24) is 0 Å². The SMILES string of the molecule is COc1cc(O[C@@H]2O[C@H](CO[C@@H]3O[C@@H](C)[C@H](O)[C@@H](O)[C@@H]3O)[C@@H](O)[C@H](O)[C@H]2O)cc(O)c1OC. The molecule has 7 N–H and O–H groups in total. The van der Waals surface area contributed by atoms with Crippen LogP contribution in [0.15, 0.2) is 12.1 Å². The fraction of sp³-hybridized carbons (Fsp3) is 0.700. The van der Waals surface area contributed by atoms with Crippen LogP contribution in [0.5, 0.6) is 23.0 Å². The van der Waals surface area contributed by atoms with Crippen LogP contribution in [0.25, 0.3) is 0 Å². The zero-order valence-corrected chi connectivity index (χ0v) is 18.2. The van der Waals surface area contributed by atoms with Gasteiger partial charge in [0.1, 0.15) is 48.5 Å². The Bertz CT molecular complexity index is 791. The average molecular weight is 478 g/mol. The number of aliphatic hydroxyl groups is 6. The van der Waals surface area contributed by atoms with Gasteiger partial charge in [-0.15, -0.1) is 0 Å². The Morgan fingerprint density at radius 3 is 2.06 bits per heavy atom. The molecule has 0 amide bonds. The summed E-state index contributed by atoms with van der Waals surface area (Å²) in [5, 5.41) is 70.6. The Balaban J connectivity index is 1.69. The number of ether oxygens (including phenoxy) is 6. The normalized spacial score (nSPS) is 39.2. The Hall–Kier alpha value is -1.94. The summed E-state index contributed by atoms with van der Waals surface area (Å²) in [4.78, 5) is 0. The van der Waals surface area contributed by atoms with Gasteiger partial charge in [0.05, 0.1) is 26.9 Å². The summed E-state index contributed by atoms with van der Waals surface area (Å²) in [6.45, 7) is 1.05. The average Bonchev–Trinajstić information content (AvgIpc) is 2.79. The van der Waals surface area contributed by atoms with Crippen molar-refractivity contribution in [2.24, 2.45) is 0 Å². The summed E-state index contributed by atoms with van der Waals surface area (Å²) in [5.41, 5.74) is 0. The summed E-state index contributed by atoms with van der Waals surface area (Å²) < 4.78 is 32.0. The van der Waals surface area contributed by atoms with E-state index in [0.29, 0.717) is 0 Å². The van der Waals surface area contributed by atoms with Gasteiger partial charge in [-0.3, -0.25) is 0 Å². The number of methoxy groups -OCH3 is 2. The molecule has 2 aliphatic rings. The smallest absolute Gasteiger partial charge is 0.229 e. The van der Waals surface area contributed by atoms with Crippen LogP contribution in [0, 0.1) is 0 Å². The zero-order chi connectivity index (χ0) is 24.4. The Labute approximate surface area is 189 Å². The second-order valence-corrected chi connectivity index (χ2v) is 7.83. The molecule has 1 aromatic carbocycles. The Morgan fingerprint density at radius 2 is 1.42 bits per heavy atom. The molecule has 0 unspecified atom stereocenters. The van der Waals surface area contributed by atoms with Gasteiger partial charge in [0.25, 0.3) is 0 Å². The lowest BCUT2D eigenvalue weighted by molar-refractivity contribution is -0.318. The van der Waals surface area contributed by atoms with E-state index in [0.717, 1.165) is 0 Å². The molecule has 2 heterocycles. The van der Waals surface area contributed by atoms with Gasteiger partial charge in [-0.2, -0.15) is 0 Å². The summed E-state index contributed by atoms with van der Waals surface area (Å²) in [7, 11) is 2.68. The van der Waals surface area contributed by atoms with E-state index in [2.05, 4.69) is 0 Å². The topological polar surface area (TPSA) is 197 Å². The first-order valence-electron chi connectivity index (χ1n) is 10.2. The third-order valence-electron chi connectivity index (χ3n) is 5.59. The minimum Gasteiger partial charge on any atom is -0.504 e. The lowest BCUT2D eigenvalue weighted by atomic mass is 9.98. The first-order chi connectivity index (χ1) is 15.6. The van der Waals surface area contributed by atoms with Gasteiger partial charge in [0.2, 0.25) is 12.0 Å². The van der Waals surface area contributed by atoms with Gasteiger partial charge in [-0.25, -0.2) is 0 Å². The van der Waals surface area contributed by atoms with Gasteiger partial charge in [0, 0.05) is 12.1 Å². The van der Waals surface area contributed by atoms with Crippen LogP contribution >= 0.6 is 0 Å². The molecule has 0 bridgehead atoms. The highest BCUT2D eigenvalue weighted by atomic mass is 16.7. The highest BCUT2D eigenvalue weighted by molar-refractivity contribution is 5.55. The van der Waals surface area contributed by atoms with Gasteiger partial charge in [-0.05, 0) is 6.92 Å². The summed E-state index contributed by atoms with van der Waals surface area (Å²) >= 11 is 0. The van der Waals surface area contributed by atoms with Crippen LogP contribution in [-0.2, 0) is 14.2 Å². The molecule has 1 aromatic rings. The third-order valence-corrected chi connectivity index (χ3v) is 5.59. The van der Waals surface area contributed by atoms with Crippen molar-refractivity contribution in [3.63, 3.8) is 0 Å². The van der Waals surface area contributed by atoms with Crippen molar-refractivity contribution in [3.05, 3.63) is 12.1 Å². The molecule has 0 radical (unpaired) electrons. The number of hydrogen-bond donors (Lipinski definition) is 7. The maximum Gasteiger partial charge on any atom is 0.229 e. The van der Waals surface area contributed by atoms with E-state index in [1.165, 1.54) is 33.3 Å². The molecule has 3 rings (SSSR count). The van der Waals surface area contributed by atoms with E-state index in [-0.39, 0.29) is 23.0 Å². The molecule has 2 fully saturated rings.